The summed E-state index contributed by atoms with van der Waals surface area (Å²) in [5.74, 6) is -0.0798. The summed E-state index contributed by atoms with van der Waals surface area (Å²) in [6.45, 7) is 4.84. The molecule has 0 radical (unpaired) electrons. The molecule has 0 spiro atoms. The van der Waals surface area contributed by atoms with Gasteiger partial charge in [0.2, 0.25) is 0 Å². The van der Waals surface area contributed by atoms with Crippen LogP contribution in [0, 0.1) is 6.92 Å². The van der Waals surface area contributed by atoms with E-state index in [0.717, 1.165) is 24.2 Å². The van der Waals surface area contributed by atoms with Gasteiger partial charge >= 0.3 is 0 Å². The fourth-order valence-electron chi connectivity index (χ4n) is 2.00. The summed E-state index contributed by atoms with van der Waals surface area (Å²) < 4.78 is 0. The van der Waals surface area contributed by atoms with Gasteiger partial charge in [0.05, 0.1) is 17.4 Å². The first-order chi connectivity index (χ1) is 10.2. The summed E-state index contributed by atoms with van der Waals surface area (Å²) >= 11 is 0. The van der Waals surface area contributed by atoms with Crippen molar-refractivity contribution in [3.8, 4) is 0 Å². The second-order valence-electron chi connectivity index (χ2n) is 5.07. The minimum atomic E-state index is -0.0798. The minimum absolute atomic E-state index is 0.0798. The minimum Gasteiger partial charge on any atom is -0.354 e. The first-order valence-corrected chi connectivity index (χ1v) is 7.26. The summed E-state index contributed by atoms with van der Waals surface area (Å²) in [6, 6.07) is 9.89. The van der Waals surface area contributed by atoms with Gasteiger partial charge in [-0.15, -0.1) is 0 Å². The van der Waals surface area contributed by atoms with Gasteiger partial charge in [-0.3, -0.25) is 9.78 Å². The molecule has 4 nitrogen and oxygen atoms in total. The van der Waals surface area contributed by atoms with Crippen LogP contribution >= 0.6 is 0 Å². The number of anilines is 2. The molecule has 1 heterocycles. The number of nitrogens with zero attached hydrogens (tertiary/aromatic N) is 1. The molecule has 2 N–H and O–H groups in total. The summed E-state index contributed by atoms with van der Waals surface area (Å²) in [4.78, 5) is 16.1. The van der Waals surface area contributed by atoms with Crippen LogP contribution in [0.1, 0.15) is 35.7 Å². The standard InChI is InChI=1S/C17H21N3O/c1-3-4-8-19-17(21)14-10-16(12-18-11-14)20-15-7-5-6-13(2)9-15/h5-7,9-12,20H,3-4,8H2,1-2H3,(H,19,21). The highest BCUT2D eigenvalue weighted by atomic mass is 16.1. The van der Waals surface area contributed by atoms with Crippen LogP contribution in [-0.4, -0.2) is 17.4 Å². The van der Waals surface area contributed by atoms with E-state index >= 15 is 0 Å². The lowest BCUT2D eigenvalue weighted by molar-refractivity contribution is 0.0953. The summed E-state index contributed by atoms with van der Waals surface area (Å²) in [5, 5.41) is 6.16. The molecule has 0 fully saturated rings. The quantitative estimate of drug-likeness (QED) is 0.795. The van der Waals surface area contributed by atoms with Gasteiger partial charge in [0.25, 0.3) is 5.91 Å². The van der Waals surface area contributed by atoms with E-state index < -0.39 is 0 Å². The van der Waals surface area contributed by atoms with Gasteiger partial charge < -0.3 is 10.6 Å². The topological polar surface area (TPSA) is 54.0 Å². The molecule has 1 aromatic heterocycles. The molecule has 0 atom stereocenters. The smallest absolute Gasteiger partial charge is 0.252 e. The van der Waals surface area contributed by atoms with Gasteiger partial charge in [0, 0.05) is 18.4 Å². The van der Waals surface area contributed by atoms with Crippen molar-refractivity contribution in [2.75, 3.05) is 11.9 Å². The maximum absolute atomic E-state index is 12.0. The van der Waals surface area contributed by atoms with Crippen LogP contribution in [0.2, 0.25) is 0 Å². The third-order valence-corrected chi connectivity index (χ3v) is 3.12. The van der Waals surface area contributed by atoms with Crippen molar-refractivity contribution < 1.29 is 4.79 Å². The van der Waals surface area contributed by atoms with Crippen molar-refractivity contribution in [1.82, 2.24) is 10.3 Å². The van der Waals surface area contributed by atoms with Crippen molar-refractivity contribution in [3.05, 3.63) is 53.9 Å². The lowest BCUT2D eigenvalue weighted by atomic mass is 10.2. The summed E-state index contributed by atoms with van der Waals surface area (Å²) in [5.41, 5.74) is 3.55. The van der Waals surface area contributed by atoms with Crippen LogP contribution in [0.5, 0.6) is 0 Å². The van der Waals surface area contributed by atoms with E-state index in [1.807, 2.05) is 37.3 Å². The Morgan fingerprint density at radius 1 is 1.19 bits per heavy atom. The molecule has 0 aliphatic heterocycles. The number of pyridine rings is 1. The number of rotatable bonds is 6. The number of amides is 1. The maximum Gasteiger partial charge on any atom is 0.252 e. The fourth-order valence-corrected chi connectivity index (χ4v) is 2.00. The van der Waals surface area contributed by atoms with E-state index in [9.17, 15) is 4.79 Å². The number of hydrogen-bond donors (Lipinski definition) is 2. The first kappa shape index (κ1) is 15.0. The zero-order valence-corrected chi connectivity index (χ0v) is 12.5. The SMILES string of the molecule is CCCCNC(=O)c1cncc(Nc2cccc(C)c2)c1. The van der Waals surface area contributed by atoms with Gasteiger partial charge in [-0.05, 0) is 37.1 Å². The van der Waals surface area contributed by atoms with Gasteiger partial charge in [-0.25, -0.2) is 0 Å². The Kier molecular flexibility index (Phi) is 5.32. The second-order valence-corrected chi connectivity index (χ2v) is 5.07. The molecule has 4 heteroatoms. The number of aromatic nitrogens is 1. The Hall–Kier alpha value is -2.36. The lowest BCUT2D eigenvalue weighted by Gasteiger charge is -2.09. The molecule has 0 bridgehead atoms. The number of aryl methyl sites for hydroxylation is 1. The number of unbranched alkanes of at least 4 members (excludes halogenated alkanes) is 1. The second kappa shape index (κ2) is 7.43. The van der Waals surface area contributed by atoms with Crippen molar-refractivity contribution in [2.45, 2.75) is 26.7 Å². The molecule has 0 saturated carbocycles. The Morgan fingerprint density at radius 2 is 2.05 bits per heavy atom. The van der Waals surface area contributed by atoms with Gasteiger partial charge in [0.15, 0.2) is 0 Å². The molecule has 0 aliphatic carbocycles. The predicted molar refractivity (Wildman–Crippen MR) is 85.9 cm³/mol. The van der Waals surface area contributed by atoms with Crippen LogP contribution in [-0.2, 0) is 0 Å². The Bertz CT molecular complexity index is 610. The predicted octanol–water partition coefficient (Wildman–Crippen LogP) is 3.66. The first-order valence-electron chi connectivity index (χ1n) is 7.26. The molecule has 2 rings (SSSR count). The molecule has 1 amide bonds. The van der Waals surface area contributed by atoms with Crippen molar-refractivity contribution in [1.29, 1.82) is 0 Å². The zero-order chi connectivity index (χ0) is 15.1. The number of hydrogen-bond acceptors (Lipinski definition) is 3. The monoisotopic (exact) mass is 283 g/mol. The molecular weight excluding hydrogens is 262 g/mol. The lowest BCUT2D eigenvalue weighted by Crippen LogP contribution is -2.24. The van der Waals surface area contributed by atoms with Crippen molar-refractivity contribution in [2.24, 2.45) is 0 Å². The molecule has 110 valence electrons. The number of nitrogens with one attached hydrogen (secondary N) is 2. The maximum atomic E-state index is 12.0. The van der Waals surface area contributed by atoms with Crippen molar-refractivity contribution in [3.63, 3.8) is 0 Å². The number of benzene rings is 1. The van der Waals surface area contributed by atoms with Crippen LogP contribution in [0.3, 0.4) is 0 Å². The van der Waals surface area contributed by atoms with E-state index in [0.29, 0.717) is 12.1 Å². The van der Waals surface area contributed by atoms with Gasteiger partial charge in [-0.1, -0.05) is 25.5 Å². The van der Waals surface area contributed by atoms with Crippen molar-refractivity contribution >= 4 is 17.3 Å². The zero-order valence-electron chi connectivity index (χ0n) is 12.5. The average Bonchev–Trinajstić information content (AvgIpc) is 2.48. The van der Waals surface area contributed by atoms with E-state index in [-0.39, 0.29) is 5.91 Å². The van der Waals surface area contributed by atoms with Gasteiger partial charge in [0.1, 0.15) is 0 Å². The molecule has 21 heavy (non-hydrogen) atoms. The molecule has 0 unspecified atom stereocenters. The molecule has 1 aromatic carbocycles. The molecule has 0 aliphatic rings. The largest absolute Gasteiger partial charge is 0.354 e. The summed E-state index contributed by atoms with van der Waals surface area (Å²) in [6.07, 6.45) is 5.35. The number of carbonyl (C=O) groups excluding carboxylic acids is 1. The van der Waals surface area contributed by atoms with Crippen LogP contribution in [0.4, 0.5) is 11.4 Å². The Balaban J connectivity index is 2.05. The fraction of sp³-hybridized carbons (Fsp3) is 0.294. The van der Waals surface area contributed by atoms with Crippen LogP contribution < -0.4 is 10.6 Å². The van der Waals surface area contributed by atoms with Gasteiger partial charge in [-0.2, -0.15) is 0 Å². The third kappa shape index (κ3) is 4.60. The molecule has 0 saturated heterocycles. The van der Waals surface area contributed by atoms with E-state index in [1.165, 1.54) is 5.56 Å². The Labute approximate surface area is 125 Å². The normalized spacial score (nSPS) is 10.2. The number of carbonyl (C=O) groups is 1. The average molecular weight is 283 g/mol. The Morgan fingerprint density at radius 3 is 2.81 bits per heavy atom. The third-order valence-electron chi connectivity index (χ3n) is 3.12. The highest BCUT2D eigenvalue weighted by Gasteiger charge is 2.06. The molecular formula is C17H21N3O. The van der Waals surface area contributed by atoms with E-state index in [2.05, 4.69) is 22.5 Å². The summed E-state index contributed by atoms with van der Waals surface area (Å²) in [7, 11) is 0. The highest BCUT2D eigenvalue weighted by Crippen LogP contribution is 2.17. The van der Waals surface area contributed by atoms with E-state index in [1.54, 1.807) is 12.4 Å². The van der Waals surface area contributed by atoms with E-state index in [4.69, 9.17) is 0 Å². The van der Waals surface area contributed by atoms with Crippen LogP contribution in [0.15, 0.2) is 42.7 Å². The van der Waals surface area contributed by atoms with Crippen LogP contribution in [0.25, 0.3) is 0 Å². The molecule has 2 aromatic rings. The highest BCUT2D eigenvalue weighted by molar-refractivity contribution is 5.94.